The Hall–Kier alpha value is -1.50. The van der Waals surface area contributed by atoms with Crippen molar-refractivity contribution in [3.8, 4) is 0 Å². The van der Waals surface area contributed by atoms with E-state index in [4.69, 9.17) is 15.3 Å². The number of primary amides is 1. The Bertz CT molecular complexity index is 416. The first-order chi connectivity index (χ1) is 11.7. The quantitative estimate of drug-likeness (QED) is 0.852. The molecule has 1 unspecified atom stereocenters. The zero-order valence-corrected chi connectivity index (χ0v) is 15.1. The van der Waals surface area contributed by atoms with Gasteiger partial charge in [-0.3, -0.25) is 4.90 Å². The number of urea groups is 1. The maximum absolute atomic E-state index is 11.2. The Morgan fingerprint density at radius 1 is 1.17 bits per heavy atom. The molecule has 138 valence electrons. The second-order valence-electron chi connectivity index (χ2n) is 6.43. The molecule has 0 aliphatic carbocycles. The highest BCUT2D eigenvalue weighted by molar-refractivity contribution is 5.79. The fraction of sp³-hybridized carbons (Fsp3) is 0.882. The molecule has 0 aromatic heterocycles. The Labute approximate surface area is 145 Å². The van der Waals surface area contributed by atoms with Crippen molar-refractivity contribution in [2.45, 2.75) is 52.1 Å². The van der Waals surface area contributed by atoms with Crippen LogP contribution in [0.5, 0.6) is 0 Å². The van der Waals surface area contributed by atoms with Gasteiger partial charge in [-0.1, -0.05) is 25.4 Å². The molecule has 1 atom stereocenters. The van der Waals surface area contributed by atoms with E-state index in [-0.39, 0.29) is 18.1 Å². The van der Waals surface area contributed by atoms with Crippen LogP contribution in [0, 0.1) is 5.92 Å². The number of ether oxygens (including phenoxy) is 1. The minimum atomic E-state index is -0.343. The fourth-order valence-corrected chi connectivity index (χ4v) is 3.45. The van der Waals surface area contributed by atoms with Gasteiger partial charge in [-0.05, 0) is 38.8 Å². The first-order valence-electron chi connectivity index (χ1n) is 9.35. The van der Waals surface area contributed by atoms with E-state index in [0.717, 1.165) is 32.5 Å². The average molecular weight is 340 g/mol. The van der Waals surface area contributed by atoms with Gasteiger partial charge in [-0.2, -0.15) is 0 Å². The number of nitrogens with zero attached hydrogens (tertiary/aromatic N) is 3. The second-order valence-corrected chi connectivity index (χ2v) is 6.43. The van der Waals surface area contributed by atoms with Gasteiger partial charge in [0.15, 0.2) is 6.61 Å². The van der Waals surface area contributed by atoms with Gasteiger partial charge in [0.05, 0.1) is 0 Å². The Morgan fingerprint density at radius 2 is 1.83 bits per heavy atom. The average Bonchev–Trinajstić information content (AvgIpc) is 2.64. The van der Waals surface area contributed by atoms with Gasteiger partial charge in [0.1, 0.15) is 6.10 Å². The molecule has 3 aliphatic heterocycles. The molecule has 0 aromatic rings. The first-order valence-corrected chi connectivity index (χ1v) is 9.35. The monoisotopic (exact) mass is 340 g/mol. The molecule has 3 heterocycles. The maximum Gasteiger partial charge on any atom is 0.314 e. The SMILES string of the molecule is CC.NC(=O)N1CCC(C2=NOCC(CN3CCCCC3)O2)CC1. The zero-order valence-electron chi connectivity index (χ0n) is 15.1. The number of hydrogen-bond acceptors (Lipinski definition) is 5. The van der Waals surface area contributed by atoms with Crippen LogP contribution < -0.4 is 5.73 Å². The zero-order chi connectivity index (χ0) is 17.4. The summed E-state index contributed by atoms with van der Waals surface area (Å²) in [5.41, 5.74) is 5.31. The summed E-state index contributed by atoms with van der Waals surface area (Å²) in [7, 11) is 0. The van der Waals surface area contributed by atoms with E-state index in [0.29, 0.717) is 25.6 Å². The van der Waals surface area contributed by atoms with Gasteiger partial charge in [0.25, 0.3) is 0 Å². The number of rotatable bonds is 3. The molecule has 2 N–H and O–H groups in total. The van der Waals surface area contributed by atoms with Crippen LogP contribution >= 0.6 is 0 Å². The van der Waals surface area contributed by atoms with Gasteiger partial charge in [-0.25, -0.2) is 4.79 Å². The van der Waals surface area contributed by atoms with Crippen LogP contribution in [0.25, 0.3) is 0 Å². The second kappa shape index (κ2) is 9.71. The minimum Gasteiger partial charge on any atom is -0.470 e. The molecule has 0 bridgehead atoms. The smallest absolute Gasteiger partial charge is 0.314 e. The van der Waals surface area contributed by atoms with Crippen molar-refractivity contribution in [3.63, 3.8) is 0 Å². The van der Waals surface area contributed by atoms with Gasteiger partial charge in [-0.15, -0.1) is 0 Å². The topological polar surface area (TPSA) is 80.4 Å². The van der Waals surface area contributed by atoms with Crippen LogP contribution in [0.3, 0.4) is 0 Å². The molecule has 0 aromatic carbocycles. The summed E-state index contributed by atoms with van der Waals surface area (Å²) in [6, 6.07) is -0.343. The van der Waals surface area contributed by atoms with Crippen LogP contribution in [-0.2, 0) is 9.57 Å². The van der Waals surface area contributed by atoms with Crippen molar-refractivity contribution in [1.29, 1.82) is 0 Å². The summed E-state index contributed by atoms with van der Waals surface area (Å²) >= 11 is 0. The molecule has 3 aliphatic rings. The lowest BCUT2D eigenvalue weighted by Crippen LogP contribution is -2.46. The highest BCUT2D eigenvalue weighted by Crippen LogP contribution is 2.22. The van der Waals surface area contributed by atoms with E-state index in [1.807, 2.05) is 13.8 Å². The van der Waals surface area contributed by atoms with Gasteiger partial charge in [0, 0.05) is 25.6 Å². The van der Waals surface area contributed by atoms with Crippen molar-refractivity contribution in [2.24, 2.45) is 16.8 Å². The predicted molar refractivity (Wildman–Crippen MR) is 93.8 cm³/mol. The highest BCUT2D eigenvalue weighted by Gasteiger charge is 2.31. The van der Waals surface area contributed by atoms with E-state index in [1.54, 1.807) is 4.90 Å². The lowest BCUT2D eigenvalue weighted by molar-refractivity contribution is -0.0171. The maximum atomic E-state index is 11.2. The Morgan fingerprint density at radius 3 is 2.46 bits per heavy atom. The minimum absolute atomic E-state index is 0.0692. The number of hydrogen-bond donors (Lipinski definition) is 1. The van der Waals surface area contributed by atoms with E-state index in [9.17, 15) is 4.79 Å². The van der Waals surface area contributed by atoms with E-state index >= 15 is 0 Å². The van der Waals surface area contributed by atoms with E-state index in [1.165, 1.54) is 19.3 Å². The van der Waals surface area contributed by atoms with Crippen LogP contribution in [0.15, 0.2) is 5.16 Å². The van der Waals surface area contributed by atoms with Crippen molar-refractivity contribution in [3.05, 3.63) is 0 Å². The number of carbonyl (C=O) groups is 1. The number of nitrogens with two attached hydrogens (primary N) is 1. The molecular formula is C17H32N4O3. The number of carbonyl (C=O) groups excluding carboxylic acids is 1. The van der Waals surface area contributed by atoms with Gasteiger partial charge in [0.2, 0.25) is 5.90 Å². The van der Waals surface area contributed by atoms with Crippen LogP contribution in [0.2, 0.25) is 0 Å². The molecule has 7 nitrogen and oxygen atoms in total. The largest absolute Gasteiger partial charge is 0.470 e. The van der Waals surface area contributed by atoms with Crippen molar-refractivity contribution >= 4 is 11.9 Å². The van der Waals surface area contributed by atoms with E-state index in [2.05, 4.69) is 10.1 Å². The molecule has 2 amide bonds. The molecule has 0 saturated carbocycles. The molecule has 24 heavy (non-hydrogen) atoms. The lowest BCUT2D eigenvalue weighted by atomic mass is 9.96. The molecule has 7 heteroatoms. The van der Waals surface area contributed by atoms with Crippen molar-refractivity contribution in [2.75, 3.05) is 39.3 Å². The standard InChI is InChI=1S/C15H26N4O3.C2H6/c16-15(20)19-8-4-12(5-9-19)14-17-21-11-13(22-14)10-18-6-2-1-3-7-18;1-2/h12-13H,1-11H2,(H2,16,20);1-2H3. The number of oxime groups is 1. The molecule has 3 rings (SSSR count). The van der Waals surface area contributed by atoms with Crippen LogP contribution in [-0.4, -0.2) is 67.2 Å². The highest BCUT2D eigenvalue weighted by atomic mass is 16.7. The van der Waals surface area contributed by atoms with Crippen molar-refractivity contribution in [1.82, 2.24) is 9.80 Å². The normalized spacial score (nSPS) is 25.7. The summed E-state index contributed by atoms with van der Waals surface area (Å²) in [5, 5.41) is 4.11. The van der Waals surface area contributed by atoms with E-state index < -0.39 is 0 Å². The third kappa shape index (κ3) is 5.26. The summed E-state index contributed by atoms with van der Waals surface area (Å²) in [5.74, 6) is 0.942. The number of likely N-dealkylation sites (tertiary alicyclic amines) is 2. The predicted octanol–water partition coefficient (Wildman–Crippen LogP) is 2.02. The third-order valence-electron chi connectivity index (χ3n) is 4.77. The van der Waals surface area contributed by atoms with Crippen molar-refractivity contribution < 1.29 is 14.4 Å². The molecule has 2 fully saturated rings. The molecular weight excluding hydrogens is 308 g/mol. The Balaban J connectivity index is 0.00000100. The molecule has 0 spiro atoms. The molecule has 0 radical (unpaired) electrons. The van der Waals surface area contributed by atoms with Gasteiger partial charge >= 0.3 is 6.03 Å². The van der Waals surface area contributed by atoms with Gasteiger partial charge < -0.3 is 20.2 Å². The number of amides is 2. The lowest BCUT2D eigenvalue weighted by Gasteiger charge is -2.35. The summed E-state index contributed by atoms with van der Waals surface area (Å²) in [6.45, 7) is 9.09. The van der Waals surface area contributed by atoms with Crippen LogP contribution in [0.4, 0.5) is 4.79 Å². The summed E-state index contributed by atoms with van der Waals surface area (Å²) in [4.78, 5) is 20.7. The first kappa shape index (κ1) is 18.8. The third-order valence-corrected chi connectivity index (χ3v) is 4.77. The molecule has 2 saturated heterocycles. The summed E-state index contributed by atoms with van der Waals surface area (Å²) in [6.07, 6.45) is 5.63. The summed E-state index contributed by atoms with van der Waals surface area (Å²) < 4.78 is 6.07. The fourth-order valence-electron chi connectivity index (χ4n) is 3.45. The number of piperidine rings is 2. The Kier molecular flexibility index (Phi) is 7.62. The van der Waals surface area contributed by atoms with Crippen LogP contribution in [0.1, 0.15) is 46.0 Å².